The molecule has 6 heteroatoms. The van der Waals surface area contributed by atoms with Crippen LogP contribution in [0.15, 0.2) is 18.2 Å². The molecule has 1 fully saturated rings. The van der Waals surface area contributed by atoms with Gasteiger partial charge in [-0.25, -0.2) is 4.98 Å². The number of alkyl halides is 3. The maximum Gasteiger partial charge on any atom is 0.416 e. The van der Waals surface area contributed by atoms with E-state index in [4.69, 9.17) is 0 Å². The Morgan fingerprint density at radius 1 is 1.30 bits per heavy atom. The minimum absolute atomic E-state index is 0.252. The molecule has 1 aromatic carbocycles. The fourth-order valence-electron chi connectivity index (χ4n) is 2.88. The van der Waals surface area contributed by atoms with E-state index in [-0.39, 0.29) is 5.92 Å². The van der Waals surface area contributed by atoms with Crippen molar-refractivity contribution in [2.24, 2.45) is 13.0 Å². The quantitative estimate of drug-likeness (QED) is 0.872. The Balaban J connectivity index is 2.10. The zero-order chi connectivity index (χ0) is 14.5. The second-order valence-corrected chi connectivity index (χ2v) is 5.47. The lowest BCUT2D eigenvalue weighted by molar-refractivity contribution is -0.137. The number of nitrogens with one attached hydrogen (secondary N) is 1. The number of halogens is 3. The molecule has 0 amide bonds. The molecule has 0 spiro atoms. The largest absolute Gasteiger partial charge is 0.416 e. The second kappa shape index (κ2) is 4.48. The Hall–Kier alpha value is -1.56. The first-order valence-electron chi connectivity index (χ1n) is 6.62. The summed E-state index contributed by atoms with van der Waals surface area (Å²) in [6.07, 6.45) is -4.33. The maximum atomic E-state index is 12.7. The lowest BCUT2D eigenvalue weighted by Gasteiger charge is -2.13. The maximum absolute atomic E-state index is 12.7. The lowest BCUT2D eigenvalue weighted by atomic mass is 9.97. The van der Waals surface area contributed by atoms with Gasteiger partial charge in [0.15, 0.2) is 0 Å². The van der Waals surface area contributed by atoms with E-state index in [1.54, 1.807) is 0 Å². The van der Waals surface area contributed by atoms with Crippen molar-refractivity contribution in [2.45, 2.75) is 19.0 Å². The molecular weight excluding hydrogens is 267 g/mol. The fourth-order valence-corrected chi connectivity index (χ4v) is 2.88. The summed E-state index contributed by atoms with van der Waals surface area (Å²) < 4.78 is 40.1. The van der Waals surface area contributed by atoms with E-state index in [1.807, 2.05) is 11.6 Å². The summed E-state index contributed by atoms with van der Waals surface area (Å²) in [4.78, 5) is 4.44. The van der Waals surface area contributed by atoms with Gasteiger partial charge in [0.1, 0.15) is 5.82 Å². The molecule has 1 aliphatic rings. The highest BCUT2D eigenvalue weighted by Gasteiger charge is 2.32. The summed E-state index contributed by atoms with van der Waals surface area (Å²) in [7, 11) is 1.86. The standard InChI is InChI=1S/C14H16F3N3/c1-8-6-18-7-10(8)13-19-11-5-9(14(15,16)17)3-4-12(11)20(13)2/h3-5,8,10,18H,6-7H2,1-2H3/t8-,10-/m1/s1. The van der Waals surface area contributed by atoms with Gasteiger partial charge in [0, 0.05) is 19.5 Å². The number of hydrogen-bond acceptors (Lipinski definition) is 2. The van der Waals surface area contributed by atoms with E-state index >= 15 is 0 Å². The summed E-state index contributed by atoms with van der Waals surface area (Å²) in [5.74, 6) is 1.55. The molecule has 1 N–H and O–H groups in total. The van der Waals surface area contributed by atoms with Crippen LogP contribution in [0, 0.1) is 5.92 Å². The molecule has 1 saturated heterocycles. The molecule has 0 unspecified atom stereocenters. The van der Waals surface area contributed by atoms with Crippen molar-refractivity contribution in [1.82, 2.24) is 14.9 Å². The van der Waals surface area contributed by atoms with Gasteiger partial charge in [0.05, 0.1) is 16.6 Å². The van der Waals surface area contributed by atoms with E-state index in [1.165, 1.54) is 6.07 Å². The number of fused-ring (bicyclic) bond motifs is 1. The molecule has 1 aromatic heterocycles. The van der Waals surface area contributed by atoms with Crippen LogP contribution in [0.5, 0.6) is 0 Å². The number of aromatic nitrogens is 2. The Bertz CT molecular complexity index is 645. The SMILES string of the molecule is C[C@@H]1CNC[C@H]1c1nc2cc(C(F)(F)F)ccc2n1C. The van der Waals surface area contributed by atoms with Gasteiger partial charge in [-0.15, -0.1) is 0 Å². The Labute approximate surface area is 114 Å². The highest BCUT2D eigenvalue weighted by atomic mass is 19.4. The second-order valence-electron chi connectivity index (χ2n) is 5.47. The van der Waals surface area contributed by atoms with Crippen molar-refractivity contribution in [3.63, 3.8) is 0 Å². The van der Waals surface area contributed by atoms with Gasteiger partial charge in [-0.1, -0.05) is 6.92 Å². The highest BCUT2D eigenvalue weighted by molar-refractivity contribution is 5.77. The zero-order valence-corrected chi connectivity index (χ0v) is 11.3. The Morgan fingerprint density at radius 3 is 2.65 bits per heavy atom. The van der Waals surface area contributed by atoms with Gasteiger partial charge in [-0.2, -0.15) is 13.2 Å². The number of rotatable bonds is 1. The van der Waals surface area contributed by atoms with E-state index in [2.05, 4.69) is 17.2 Å². The summed E-state index contributed by atoms with van der Waals surface area (Å²) in [6, 6.07) is 3.75. The molecule has 0 bridgehead atoms. The van der Waals surface area contributed by atoms with E-state index in [0.29, 0.717) is 11.4 Å². The van der Waals surface area contributed by atoms with E-state index in [9.17, 15) is 13.2 Å². The van der Waals surface area contributed by atoms with Crippen molar-refractivity contribution in [3.05, 3.63) is 29.6 Å². The molecule has 2 aromatic rings. The molecule has 3 nitrogen and oxygen atoms in total. The van der Waals surface area contributed by atoms with Crippen LogP contribution in [0.3, 0.4) is 0 Å². The first kappa shape index (κ1) is 13.4. The summed E-state index contributed by atoms with van der Waals surface area (Å²) in [5.41, 5.74) is 0.510. The smallest absolute Gasteiger partial charge is 0.331 e. The average molecular weight is 283 g/mol. The summed E-state index contributed by atoms with van der Waals surface area (Å²) in [6.45, 7) is 3.87. The Kier molecular flexibility index (Phi) is 3.01. The molecular formula is C14H16F3N3. The third kappa shape index (κ3) is 2.08. The van der Waals surface area contributed by atoms with Crippen LogP contribution in [-0.2, 0) is 13.2 Å². The third-order valence-electron chi connectivity index (χ3n) is 4.09. The van der Waals surface area contributed by atoms with Gasteiger partial charge in [0.2, 0.25) is 0 Å². The van der Waals surface area contributed by atoms with Gasteiger partial charge in [-0.3, -0.25) is 0 Å². The fraction of sp³-hybridized carbons (Fsp3) is 0.500. The summed E-state index contributed by atoms with van der Waals surface area (Å²) >= 11 is 0. The van der Waals surface area contributed by atoms with Gasteiger partial charge in [0.25, 0.3) is 0 Å². The number of hydrogen-bond donors (Lipinski definition) is 1. The zero-order valence-electron chi connectivity index (χ0n) is 11.3. The van der Waals surface area contributed by atoms with Gasteiger partial charge in [-0.05, 0) is 30.7 Å². The van der Waals surface area contributed by atoms with Crippen molar-refractivity contribution in [1.29, 1.82) is 0 Å². The molecule has 2 atom stereocenters. The van der Waals surface area contributed by atoms with Crippen LogP contribution in [0.25, 0.3) is 11.0 Å². The Morgan fingerprint density at radius 2 is 2.05 bits per heavy atom. The predicted molar refractivity (Wildman–Crippen MR) is 70.5 cm³/mol. The van der Waals surface area contributed by atoms with Crippen LogP contribution in [0.2, 0.25) is 0 Å². The van der Waals surface area contributed by atoms with Crippen molar-refractivity contribution < 1.29 is 13.2 Å². The van der Waals surface area contributed by atoms with E-state index in [0.717, 1.165) is 36.6 Å². The number of nitrogens with zero attached hydrogens (tertiary/aromatic N) is 2. The van der Waals surface area contributed by atoms with Crippen LogP contribution >= 0.6 is 0 Å². The molecule has 1 aliphatic heterocycles. The normalized spacial score (nSPS) is 23.6. The predicted octanol–water partition coefficient (Wildman–Crippen LogP) is 2.92. The van der Waals surface area contributed by atoms with Gasteiger partial charge < -0.3 is 9.88 Å². The monoisotopic (exact) mass is 283 g/mol. The molecule has 108 valence electrons. The van der Waals surface area contributed by atoms with Crippen molar-refractivity contribution >= 4 is 11.0 Å². The molecule has 0 radical (unpaired) electrons. The van der Waals surface area contributed by atoms with Crippen molar-refractivity contribution in [2.75, 3.05) is 13.1 Å². The third-order valence-corrected chi connectivity index (χ3v) is 4.09. The minimum atomic E-state index is -4.33. The number of imidazole rings is 1. The first-order chi connectivity index (χ1) is 9.38. The van der Waals surface area contributed by atoms with E-state index < -0.39 is 11.7 Å². The highest BCUT2D eigenvalue weighted by Crippen LogP contribution is 2.33. The lowest BCUT2D eigenvalue weighted by Crippen LogP contribution is -2.13. The van der Waals surface area contributed by atoms with Crippen LogP contribution < -0.4 is 5.32 Å². The summed E-state index contributed by atoms with van der Waals surface area (Å²) in [5, 5.41) is 3.29. The average Bonchev–Trinajstić information content (AvgIpc) is 2.92. The van der Waals surface area contributed by atoms with Crippen LogP contribution in [0.1, 0.15) is 24.2 Å². The van der Waals surface area contributed by atoms with Gasteiger partial charge >= 0.3 is 6.18 Å². The number of benzene rings is 1. The molecule has 20 heavy (non-hydrogen) atoms. The molecule has 2 heterocycles. The minimum Gasteiger partial charge on any atom is -0.331 e. The van der Waals surface area contributed by atoms with Crippen LogP contribution in [-0.4, -0.2) is 22.6 Å². The molecule has 0 saturated carbocycles. The first-order valence-corrected chi connectivity index (χ1v) is 6.62. The topological polar surface area (TPSA) is 29.9 Å². The molecule has 0 aliphatic carbocycles. The van der Waals surface area contributed by atoms with Crippen molar-refractivity contribution in [3.8, 4) is 0 Å². The molecule has 3 rings (SSSR count). The van der Waals surface area contributed by atoms with Crippen LogP contribution in [0.4, 0.5) is 13.2 Å². The number of aryl methyl sites for hydroxylation is 1.